The van der Waals surface area contributed by atoms with Gasteiger partial charge >= 0.3 is 0 Å². The van der Waals surface area contributed by atoms with Gasteiger partial charge in [-0.1, -0.05) is 18.2 Å². The van der Waals surface area contributed by atoms with Crippen LogP contribution in [0.4, 0.5) is 11.4 Å². The van der Waals surface area contributed by atoms with Crippen LogP contribution in [-0.4, -0.2) is 4.98 Å². The molecule has 0 amide bonds. The molecule has 3 heteroatoms. The fourth-order valence-corrected chi connectivity index (χ4v) is 1.79. The first-order valence-corrected chi connectivity index (χ1v) is 5.18. The van der Waals surface area contributed by atoms with Crippen LogP contribution in [0.5, 0.6) is 0 Å². The summed E-state index contributed by atoms with van der Waals surface area (Å²) in [5.41, 5.74) is 17.0. The molecule has 0 bridgehead atoms. The van der Waals surface area contributed by atoms with Crippen LogP contribution in [0.3, 0.4) is 0 Å². The highest BCUT2D eigenvalue weighted by molar-refractivity contribution is 5.85. The van der Waals surface area contributed by atoms with Crippen molar-refractivity contribution in [1.29, 1.82) is 0 Å². The molecule has 0 spiro atoms. The Morgan fingerprint density at radius 1 is 0.938 bits per heavy atom. The highest BCUT2D eigenvalue weighted by atomic mass is 14.7. The Hall–Kier alpha value is -2.03. The highest BCUT2D eigenvalue weighted by Gasteiger charge is 2.08. The van der Waals surface area contributed by atoms with E-state index in [0.717, 1.165) is 22.5 Å². The van der Waals surface area contributed by atoms with Crippen molar-refractivity contribution < 1.29 is 0 Å². The SMILES string of the molecule is Cc1ccc(-c2cccc(N)c2N)c(C)n1. The molecule has 1 aromatic carbocycles. The number of nitrogens with two attached hydrogens (primary N) is 2. The van der Waals surface area contributed by atoms with Gasteiger partial charge in [0.1, 0.15) is 0 Å². The van der Waals surface area contributed by atoms with Crippen LogP contribution in [0, 0.1) is 13.8 Å². The first-order chi connectivity index (χ1) is 7.59. The zero-order valence-electron chi connectivity index (χ0n) is 9.49. The molecule has 0 aliphatic rings. The maximum atomic E-state index is 5.97. The number of rotatable bonds is 1. The van der Waals surface area contributed by atoms with Gasteiger partial charge in [-0.3, -0.25) is 4.98 Å². The molecule has 0 saturated heterocycles. The van der Waals surface area contributed by atoms with Crippen LogP contribution in [-0.2, 0) is 0 Å². The summed E-state index contributed by atoms with van der Waals surface area (Å²) in [5, 5.41) is 0. The first-order valence-electron chi connectivity index (χ1n) is 5.18. The van der Waals surface area contributed by atoms with Gasteiger partial charge in [-0.2, -0.15) is 0 Å². The summed E-state index contributed by atoms with van der Waals surface area (Å²) in [5.74, 6) is 0. The van der Waals surface area contributed by atoms with Crippen LogP contribution in [0.2, 0.25) is 0 Å². The predicted octanol–water partition coefficient (Wildman–Crippen LogP) is 2.53. The number of nitrogens with zero attached hydrogens (tertiary/aromatic N) is 1. The second-order valence-corrected chi connectivity index (χ2v) is 3.89. The normalized spacial score (nSPS) is 10.4. The van der Waals surface area contributed by atoms with E-state index in [1.165, 1.54) is 0 Å². The third-order valence-electron chi connectivity index (χ3n) is 2.66. The van der Waals surface area contributed by atoms with E-state index >= 15 is 0 Å². The first kappa shape index (κ1) is 10.5. The van der Waals surface area contributed by atoms with Crippen LogP contribution >= 0.6 is 0 Å². The molecule has 0 unspecified atom stereocenters. The maximum Gasteiger partial charge on any atom is 0.0628 e. The van der Waals surface area contributed by atoms with Crippen molar-refractivity contribution >= 4 is 11.4 Å². The lowest BCUT2D eigenvalue weighted by Crippen LogP contribution is -1.98. The van der Waals surface area contributed by atoms with Crippen molar-refractivity contribution in [2.75, 3.05) is 11.5 Å². The number of pyridine rings is 1. The van der Waals surface area contributed by atoms with Crippen molar-refractivity contribution in [3.05, 3.63) is 41.7 Å². The summed E-state index contributed by atoms with van der Waals surface area (Å²) in [4.78, 5) is 4.42. The van der Waals surface area contributed by atoms with E-state index in [1.807, 2.05) is 38.1 Å². The average Bonchev–Trinajstić information content (AvgIpc) is 2.23. The van der Waals surface area contributed by atoms with E-state index in [4.69, 9.17) is 11.5 Å². The number of aryl methyl sites for hydroxylation is 2. The molecule has 0 aliphatic carbocycles. The van der Waals surface area contributed by atoms with Crippen molar-refractivity contribution in [1.82, 2.24) is 4.98 Å². The zero-order valence-corrected chi connectivity index (χ0v) is 9.49. The molecule has 4 N–H and O–H groups in total. The van der Waals surface area contributed by atoms with E-state index < -0.39 is 0 Å². The van der Waals surface area contributed by atoms with Gasteiger partial charge in [0, 0.05) is 22.5 Å². The maximum absolute atomic E-state index is 5.97. The van der Waals surface area contributed by atoms with Crippen molar-refractivity contribution in [2.45, 2.75) is 13.8 Å². The molecule has 3 nitrogen and oxygen atoms in total. The molecule has 0 fully saturated rings. The molecule has 0 atom stereocenters. The van der Waals surface area contributed by atoms with Crippen molar-refractivity contribution in [2.24, 2.45) is 0 Å². The standard InChI is InChI=1S/C13H15N3/c1-8-6-7-10(9(2)16-8)11-4-3-5-12(14)13(11)15/h3-7H,14-15H2,1-2H3. The molecule has 2 rings (SSSR count). The topological polar surface area (TPSA) is 64.9 Å². The summed E-state index contributed by atoms with van der Waals surface area (Å²) in [7, 11) is 0. The third kappa shape index (κ3) is 1.72. The molecular weight excluding hydrogens is 198 g/mol. The Labute approximate surface area is 95.1 Å². The number of nitrogen functional groups attached to an aromatic ring is 2. The lowest BCUT2D eigenvalue weighted by atomic mass is 10.0. The van der Waals surface area contributed by atoms with Gasteiger partial charge in [-0.05, 0) is 26.0 Å². The average molecular weight is 213 g/mol. The second kappa shape index (κ2) is 3.85. The number of anilines is 2. The van der Waals surface area contributed by atoms with E-state index in [0.29, 0.717) is 11.4 Å². The van der Waals surface area contributed by atoms with Gasteiger partial charge in [0.05, 0.1) is 11.4 Å². The number of hydrogen-bond donors (Lipinski definition) is 2. The molecule has 0 aliphatic heterocycles. The molecule has 1 heterocycles. The van der Waals surface area contributed by atoms with Gasteiger partial charge in [-0.25, -0.2) is 0 Å². The zero-order chi connectivity index (χ0) is 11.7. The fourth-order valence-electron chi connectivity index (χ4n) is 1.79. The fraction of sp³-hybridized carbons (Fsp3) is 0.154. The summed E-state index contributed by atoms with van der Waals surface area (Å²) in [6.07, 6.45) is 0. The van der Waals surface area contributed by atoms with Crippen LogP contribution < -0.4 is 11.5 Å². The molecule has 0 radical (unpaired) electrons. The lowest BCUT2D eigenvalue weighted by molar-refractivity contribution is 1.13. The lowest BCUT2D eigenvalue weighted by Gasteiger charge is -2.10. The molecule has 16 heavy (non-hydrogen) atoms. The summed E-state index contributed by atoms with van der Waals surface area (Å²) < 4.78 is 0. The quantitative estimate of drug-likeness (QED) is 0.715. The van der Waals surface area contributed by atoms with Gasteiger partial charge < -0.3 is 11.5 Å². The van der Waals surface area contributed by atoms with Crippen LogP contribution in [0.25, 0.3) is 11.1 Å². The van der Waals surface area contributed by atoms with Crippen molar-refractivity contribution in [3.8, 4) is 11.1 Å². The molecule has 0 saturated carbocycles. The minimum absolute atomic E-state index is 0.609. The van der Waals surface area contributed by atoms with E-state index in [2.05, 4.69) is 4.98 Å². The second-order valence-electron chi connectivity index (χ2n) is 3.89. The molecular formula is C13H15N3. The van der Waals surface area contributed by atoms with Crippen molar-refractivity contribution in [3.63, 3.8) is 0 Å². The molecule has 1 aromatic heterocycles. The van der Waals surface area contributed by atoms with E-state index in [-0.39, 0.29) is 0 Å². The Morgan fingerprint density at radius 2 is 1.69 bits per heavy atom. The summed E-state index contributed by atoms with van der Waals surface area (Å²) in [6, 6.07) is 9.68. The van der Waals surface area contributed by atoms with Gasteiger partial charge in [0.15, 0.2) is 0 Å². The third-order valence-corrected chi connectivity index (χ3v) is 2.66. The van der Waals surface area contributed by atoms with Crippen LogP contribution in [0.1, 0.15) is 11.4 Å². The smallest absolute Gasteiger partial charge is 0.0628 e. The Morgan fingerprint density at radius 3 is 2.38 bits per heavy atom. The number of benzene rings is 1. The Balaban J connectivity index is 2.63. The van der Waals surface area contributed by atoms with Crippen LogP contribution in [0.15, 0.2) is 30.3 Å². The number of para-hydroxylation sites is 1. The minimum Gasteiger partial charge on any atom is -0.397 e. The van der Waals surface area contributed by atoms with Gasteiger partial charge in [0.25, 0.3) is 0 Å². The van der Waals surface area contributed by atoms with Gasteiger partial charge in [-0.15, -0.1) is 0 Å². The summed E-state index contributed by atoms with van der Waals surface area (Å²) >= 11 is 0. The largest absolute Gasteiger partial charge is 0.397 e. The molecule has 82 valence electrons. The summed E-state index contributed by atoms with van der Waals surface area (Å²) in [6.45, 7) is 3.95. The van der Waals surface area contributed by atoms with E-state index in [1.54, 1.807) is 6.07 Å². The molecule has 2 aromatic rings. The Bertz CT molecular complexity index is 533. The monoisotopic (exact) mass is 213 g/mol. The van der Waals surface area contributed by atoms with Gasteiger partial charge in [0.2, 0.25) is 0 Å². The van der Waals surface area contributed by atoms with E-state index in [9.17, 15) is 0 Å². The minimum atomic E-state index is 0.609. The predicted molar refractivity (Wildman–Crippen MR) is 68.0 cm³/mol. The number of hydrogen-bond acceptors (Lipinski definition) is 3. The highest BCUT2D eigenvalue weighted by Crippen LogP contribution is 2.31. The number of aromatic nitrogens is 1. The Kier molecular flexibility index (Phi) is 2.52.